The topological polar surface area (TPSA) is 46.2 Å². The van der Waals surface area contributed by atoms with Crippen molar-refractivity contribution >= 4 is 0 Å². The number of halogens is 1. The molecule has 6 heteroatoms. The SMILES string of the molecule is FC1OC(COCc2ccccc2)[C@H](OCc2ccccc2)[C@@H](OCc2ccccc2)C1OCc1ccccc1. The summed E-state index contributed by atoms with van der Waals surface area (Å²) in [6.07, 6.45) is -4.77. The fourth-order valence-electron chi connectivity index (χ4n) is 4.73. The van der Waals surface area contributed by atoms with E-state index in [2.05, 4.69) is 0 Å². The minimum absolute atomic E-state index is 0.144. The highest BCUT2D eigenvalue weighted by molar-refractivity contribution is 5.16. The molecule has 3 unspecified atom stereocenters. The number of alkyl halides is 1. The molecular weight excluding hydrogens is 507 g/mol. The van der Waals surface area contributed by atoms with E-state index >= 15 is 4.39 Å². The van der Waals surface area contributed by atoms with Gasteiger partial charge in [0.2, 0.25) is 6.36 Å². The number of rotatable bonds is 13. The maximum atomic E-state index is 15.7. The van der Waals surface area contributed by atoms with E-state index in [0.717, 1.165) is 22.3 Å². The number of hydrogen-bond donors (Lipinski definition) is 0. The van der Waals surface area contributed by atoms with Gasteiger partial charge >= 0.3 is 0 Å². The van der Waals surface area contributed by atoms with Gasteiger partial charge in [0.05, 0.1) is 33.0 Å². The van der Waals surface area contributed by atoms with E-state index < -0.39 is 30.8 Å². The van der Waals surface area contributed by atoms with Crippen LogP contribution in [-0.4, -0.2) is 37.4 Å². The van der Waals surface area contributed by atoms with Crippen molar-refractivity contribution in [2.24, 2.45) is 0 Å². The Bertz CT molecular complexity index is 1240. The Labute approximate surface area is 235 Å². The third-order valence-electron chi connectivity index (χ3n) is 6.83. The monoisotopic (exact) mass is 542 g/mol. The van der Waals surface area contributed by atoms with Crippen LogP contribution in [0.4, 0.5) is 4.39 Å². The van der Waals surface area contributed by atoms with Crippen molar-refractivity contribution in [3.8, 4) is 0 Å². The van der Waals surface area contributed by atoms with Crippen LogP contribution in [0, 0.1) is 0 Å². The van der Waals surface area contributed by atoms with Crippen molar-refractivity contribution in [3.63, 3.8) is 0 Å². The van der Waals surface area contributed by atoms with Gasteiger partial charge in [-0.25, -0.2) is 4.39 Å². The van der Waals surface area contributed by atoms with E-state index in [1.54, 1.807) is 0 Å². The van der Waals surface area contributed by atoms with E-state index in [1.165, 1.54) is 0 Å². The van der Waals surface area contributed by atoms with Crippen LogP contribution in [0.15, 0.2) is 121 Å². The third-order valence-corrected chi connectivity index (χ3v) is 6.83. The quantitative estimate of drug-likeness (QED) is 0.189. The molecule has 0 radical (unpaired) electrons. The first-order chi connectivity index (χ1) is 19.8. The van der Waals surface area contributed by atoms with Crippen molar-refractivity contribution in [2.75, 3.05) is 6.61 Å². The van der Waals surface area contributed by atoms with Gasteiger partial charge in [0.25, 0.3) is 0 Å². The summed E-state index contributed by atoms with van der Waals surface area (Å²) >= 11 is 0. The first-order valence-electron chi connectivity index (χ1n) is 13.6. The van der Waals surface area contributed by atoms with Crippen LogP contribution < -0.4 is 0 Å². The molecule has 5 rings (SSSR count). The lowest BCUT2D eigenvalue weighted by Gasteiger charge is -2.43. The van der Waals surface area contributed by atoms with E-state index in [4.69, 9.17) is 23.7 Å². The molecule has 4 aromatic rings. The highest BCUT2D eigenvalue weighted by Crippen LogP contribution is 2.31. The maximum Gasteiger partial charge on any atom is 0.228 e. The molecule has 0 aliphatic carbocycles. The summed E-state index contributed by atoms with van der Waals surface area (Å²) in [5.74, 6) is 0. The van der Waals surface area contributed by atoms with E-state index in [0.29, 0.717) is 13.2 Å². The van der Waals surface area contributed by atoms with Crippen LogP contribution >= 0.6 is 0 Å². The second kappa shape index (κ2) is 14.8. The Kier molecular flexibility index (Phi) is 10.4. The predicted molar refractivity (Wildman–Crippen MR) is 151 cm³/mol. The van der Waals surface area contributed by atoms with Crippen molar-refractivity contribution in [2.45, 2.75) is 57.2 Å². The second-order valence-electron chi connectivity index (χ2n) is 9.81. The van der Waals surface area contributed by atoms with Crippen molar-refractivity contribution in [1.82, 2.24) is 0 Å². The molecule has 1 heterocycles. The van der Waals surface area contributed by atoms with Gasteiger partial charge in [-0.15, -0.1) is 0 Å². The molecule has 1 aliphatic heterocycles. The summed E-state index contributed by atoms with van der Waals surface area (Å²) in [5, 5.41) is 0. The zero-order chi connectivity index (χ0) is 27.4. The number of ether oxygens (including phenoxy) is 5. The molecule has 0 bridgehead atoms. The van der Waals surface area contributed by atoms with E-state index in [-0.39, 0.29) is 19.8 Å². The Hall–Kier alpha value is -3.39. The number of hydrogen-bond acceptors (Lipinski definition) is 5. The molecule has 0 saturated carbocycles. The molecule has 4 aromatic carbocycles. The zero-order valence-corrected chi connectivity index (χ0v) is 22.4. The average Bonchev–Trinajstić information content (AvgIpc) is 3.01. The second-order valence-corrected chi connectivity index (χ2v) is 9.81. The van der Waals surface area contributed by atoms with Gasteiger partial charge in [-0.1, -0.05) is 121 Å². The molecule has 1 saturated heterocycles. The summed E-state index contributed by atoms with van der Waals surface area (Å²) in [6, 6.07) is 39.2. The molecule has 5 nitrogen and oxygen atoms in total. The fourth-order valence-corrected chi connectivity index (χ4v) is 4.73. The van der Waals surface area contributed by atoms with Crippen LogP contribution in [0.5, 0.6) is 0 Å². The maximum absolute atomic E-state index is 15.7. The zero-order valence-electron chi connectivity index (χ0n) is 22.4. The third kappa shape index (κ3) is 8.07. The normalized spacial score (nSPS) is 22.7. The van der Waals surface area contributed by atoms with Gasteiger partial charge in [-0.05, 0) is 22.3 Å². The molecule has 0 spiro atoms. The van der Waals surface area contributed by atoms with Crippen molar-refractivity contribution in [3.05, 3.63) is 144 Å². The predicted octanol–water partition coefficient (Wildman–Crippen LogP) is 6.65. The van der Waals surface area contributed by atoms with E-state index in [1.807, 2.05) is 121 Å². The standard InChI is InChI=1S/C34H35FO5/c35-34-33(39-24-29-19-11-4-12-20-29)32(38-23-28-17-9-3-10-18-28)31(37-22-27-15-7-2-8-16-27)30(40-34)25-36-21-26-13-5-1-6-14-26/h1-20,30-34H,21-25H2/t30?,31-,32+,33?,34?/m0/s1. The van der Waals surface area contributed by atoms with E-state index in [9.17, 15) is 0 Å². The van der Waals surface area contributed by atoms with Crippen LogP contribution in [0.2, 0.25) is 0 Å². The first-order valence-corrected chi connectivity index (χ1v) is 13.6. The van der Waals surface area contributed by atoms with Crippen LogP contribution in [0.1, 0.15) is 22.3 Å². The summed E-state index contributed by atoms with van der Waals surface area (Å²) in [5.41, 5.74) is 3.94. The van der Waals surface area contributed by atoms with Crippen LogP contribution in [0.3, 0.4) is 0 Å². The molecule has 208 valence electrons. The fraction of sp³-hybridized carbons (Fsp3) is 0.294. The van der Waals surface area contributed by atoms with Gasteiger partial charge in [0, 0.05) is 0 Å². The molecule has 0 N–H and O–H groups in total. The van der Waals surface area contributed by atoms with Gasteiger partial charge < -0.3 is 23.7 Å². The number of benzene rings is 4. The summed E-state index contributed by atoms with van der Waals surface area (Å²) in [7, 11) is 0. The lowest BCUT2D eigenvalue weighted by atomic mass is 9.98. The molecule has 0 amide bonds. The van der Waals surface area contributed by atoms with Crippen molar-refractivity contribution < 1.29 is 28.1 Å². The van der Waals surface area contributed by atoms with Crippen molar-refractivity contribution in [1.29, 1.82) is 0 Å². The average molecular weight is 543 g/mol. The van der Waals surface area contributed by atoms with Crippen LogP contribution in [0.25, 0.3) is 0 Å². The Morgan fingerprint density at radius 3 is 1.30 bits per heavy atom. The first kappa shape index (κ1) is 28.1. The highest BCUT2D eigenvalue weighted by Gasteiger charge is 2.48. The molecular formula is C34H35FO5. The Morgan fingerprint density at radius 2 is 0.850 bits per heavy atom. The smallest absolute Gasteiger partial charge is 0.228 e. The molecule has 5 atom stereocenters. The van der Waals surface area contributed by atoms with Gasteiger partial charge in [-0.3, -0.25) is 0 Å². The van der Waals surface area contributed by atoms with Crippen LogP contribution in [-0.2, 0) is 50.1 Å². The highest BCUT2D eigenvalue weighted by atomic mass is 19.1. The molecule has 0 aromatic heterocycles. The van der Waals surface area contributed by atoms with Gasteiger partial charge in [0.1, 0.15) is 24.4 Å². The largest absolute Gasteiger partial charge is 0.374 e. The minimum atomic E-state index is -1.72. The Morgan fingerprint density at radius 1 is 0.475 bits per heavy atom. The lowest BCUT2D eigenvalue weighted by molar-refractivity contribution is -0.298. The minimum Gasteiger partial charge on any atom is -0.374 e. The molecule has 40 heavy (non-hydrogen) atoms. The van der Waals surface area contributed by atoms with Gasteiger partial charge in [0.15, 0.2) is 0 Å². The molecule has 1 aliphatic rings. The van der Waals surface area contributed by atoms with Gasteiger partial charge in [-0.2, -0.15) is 0 Å². The lowest BCUT2D eigenvalue weighted by Crippen LogP contribution is -2.60. The molecule has 1 fully saturated rings. The Balaban J connectivity index is 1.36. The summed E-state index contributed by atoms with van der Waals surface area (Å²) < 4.78 is 46.6. The summed E-state index contributed by atoms with van der Waals surface area (Å²) in [6.45, 7) is 1.35. The summed E-state index contributed by atoms with van der Waals surface area (Å²) in [4.78, 5) is 0.